The van der Waals surface area contributed by atoms with Gasteiger partial charge in [-0.05, 0) is 30.5 Å². The first-order chi connectivity index (χ1) is 6.90. The van der Waals surface area contributed by atoms with Crippen molar-refractivity contribution in [2.45, 2.75) is 33.6 Å². The first-order valence-electron chi connectivity index (χ1n) is 5.60. The third-order valence-electron chi connectivity index (χ3n) is 2.40. The molecule has 1 aromatic rings. The average molecular weight is 192 g/mol. The van der Waals surface area contributed by atoms with Crippen molar-refractivity contribution in [1.29, 1.82) is 0 Å². The summed E-state index contributed by atoms with van der Waals surface area (Å²) < 4.78 is 0. The first kappa shape index (κ1) is 11.0. The molecule has 78 valence electrons. The van der Waals surface area contributed by atoms with E-state index in [1.54, 1.807) is 0 Å². The number of hydrogen-bond acceptors (Lipinski definition) is 2. The van der Waals surface area contributed by atoms with E-state index >= 15 is 0 Å². The average Bonchev–Trinajstić information content (AvgIpc) is 2.19. The Hall–Kier alpha value is -1.05. The van der Waals surface area contributed by atoms with E-state index in [2.05, 4.69) is 28.9 Å². The molecule has 1 fully saturated rings. The molecule has 0 N–H and O–H groups in total. The van der Waals surface area contributed by atoms with Gasteiger partial charge in [-0.2, -0.15) is 0 Å². The van der Waals surface area contributed by atoms with E-state index < -0.39 is 0 Å². The summed E-state index contributed by atoms with van der Waals surface area (Å²) in [6, 6.07) is 4.28. The zero-order chi connectivity index (χ0) is 10.4. The maximum atomic E-state index is 4.34. The number of rotatable bonds is 2. The third kappa shape index (κ3) is 2.47. The Balaban J connectivity index is 0.000000461. The third-order valence-corrected chi connectivity index (χ3v) is 2.40. The van der Waals surface area contributed by atoms with Crippen LogP contribution in [0.4, 0.5) is 5.82 Å². The van der Waals surface area contributed by atoms with Gasteiger partial charge in [0.25, 0.3) is 0 Å². The van der Waals surface area contributed by atoms with Gasteiger partial charge in [-0.15, -0.1) is 0 Å². The molecule has 1 aromatic heterocycles. The number of pyridine rings is 1. The predicted octanol–water partition coefficient (Wildman–Crippen LogP) is 2.88. The van der Waals surface area contributed by atoms with Gasteiger partial charge in [0.15, 0.2) is 0 Å². The van der Waals surface area contributed by atoms with Crippen LogP contribution in [0.1, 0.15) is 32.8 Å². The van der Waals surface area contributed by atoms with Crippen molar-refractivity contribution < 1.29 is 0 Å². The van der Waals surface area contributed by atoms with Crippen LogP contribution >= 0.6 is 0 Å². The highest BCUT2D eigenvalue weighted by Crippen LogP contribution is 2.18. The van der Waals surface area contributed by atoms with E-state index in [0.29, 0.717) is 0 Å². The molecule has 0 spiro atoms. The van der Waals surface area contributed by atoms with Crippen molar-refractivity contribution in [3.63, 3.8) is 0 Å². The van der Waals surface area contributed by atoms with Crippen LogP contribution in [0.2, 0.25) is 0 Å². The van der Waals surface area contributed by atoms with Crippen molar-refractivity contribution in [2.75, 3.05) is 18.0 Å². The molecule has 1 aliphatic heterocycles. The number of hydrogen-bond donors (Lipinski definition) is 0. The Bertz CT molecular complexity index is 267. The molecular weight excluding hydrogens is 172 g/mol. The molecule has 0 aliphatic carbocycles. The lowest BCUT2D eigenvalue weighted by Gasteiger charge is -2.32. The predicted molar refractivity (Wildman–Crippen MR) is 61.8 cm³/mol. The standard InChI is InChI=1S/C10H14N2.C2H6/c1-2-9-4-5-11-10(8-9)12-6-3-7-12;1-2/h4-5,8H,2-3,6-7H2,1H3;1-2H3. The van der Waals surface area contributed by atoms with Gasteiger partial charge in [0.05, 0.1) is 0 Å². The van der Waals surface area contributed by atoms with Gasteiger partial charge in [0.2, 0.25) is 0 Å². The van der Waals surface area contributed by atoms with Crippen molar-refractivity contribution in [2.24, 2.45) is 0 Å². The molecule has 0 saturated carbocycles. The van der Waals surface area contributed by atoms with Gasteiger partial charge in [-0.3, -0.25) is 0 Å². The Labute approximate surface area is 87.0 Å². The zero-order valence-corrected chi connectivity index (χ0v) is 9.45. The normalized spacial score (nSPS) is 14.1. The monoisotopic (exact) mass is 192 g/mol. The number of aromatic nitrogens is 1. The van der Waals surface area contributed by atoms with Gasteiger partial charge in [-0.1, -0.05) is 20.8 Å². The van der Waals surface area contributed by atoms with Crippen LogP contribution in [0, 0.1) is 0 Å². The SMILES string of the molecule is CC.CCc1ccnc(N2CCC2)c1. The van der Waals surface area contributed by atoms with Crippen LogP contribution in [-0.4, -0.2) is 18.1 Å². The number of aryl methyl sites for hydroxylation is 1. The van der Waals surface area contributed by atoms with Crippen molar-refractivity contribution >= 4 is 5.82 Å². The largest absolute Gasteiger partial charge is 0.356 e. The van der Waals surface area contributed by atoms with E-state index in [1.165, 1.54) is 25.1 Å². The fourth-order valence-corrected chi connectivity index (χ4v) is 1.40. The number of anilines is 1. The summed E-state index contributed by atoms with van der Waals surface area (Å²) >= 11 is 0. The molecule has 0 atom stereocenters. The van der Waals surface area contributed by atoms with Crippen LogP contribution in [0.5, 0.6) is 0 Å². The van der Waals surface area contributed by atoms with Crippen molar-refractivity contribution in [1.82, 2.24) is 4.98 Å². The first-order valence-corrected chi connectivity index (χ1v) is 5.60. The summed E-state index contributed by atoms with van der Waals surface area (Å²) in [5.74, 6) is 1.15. The van der Waals surface area contributed by atoms with Gasteiger partial charge < -0.3 is 4.90 Å². The van der Waals surface area contributed by atoms with E-state index in [0.717, 1.165) is 12.2 Å². The van der Waals surface area contributed by atoms with Gasteiger partial charge >= 0.3 is 0 Å². The number of nitrogens with zero attached hydrogens (tertiary/aromatic N) is 2. The molecule has 1 aliphatic rings. The van der Waals surface area contributed by atoms with Crippen molar-refractivity contribution in [3.05, 3.63) is 23.9 Å². The highest BCUT2D eigenvalue weighted by molar-refractivity contribution is 5.42. The Kier molecular flexibility index (Phi) is 4.44. The zero-order valence-electron chi connectivity index (χ0n) is 9.45. The minimum absolute atomic E-state index is 1.10. The minimum Gasteiger partial charge on any atom is -0.356 e. The van der Waals surface area contributed by atoms with Crippen LogP contribution in [0.15, 0.2) is 18.3 Å². The van der Waals surface area contributed by atoms with Gasteiger partial charge in [-0.25, -0.2) is 4.98 Å². The fraction of sp³-hybridized carbons (Fsp3) is 0.583. The van der Waals surface area contributed by atoms with E-state index in [-0.39, 0.29) is 0 Å². The maximum absolute atomic E-state index is 4.34. The smallest absolute Gasteiger partial charge is 0.128 e. The van der Waals surface area contributed by atoms with Crippen LogP contribution in [-0.2, 0) is 6.42 Å². The molecule has 14 heavy (non-hydrogen) atoms. The minimum atomic E-state index is 1.10. The Morgan fingerprint density at radius 1 is 1.36 bits per heavy atom. The summed E-state index contributed by atoms with van der Waals surface area (Å²) in [5.41, 5.74) is 1.38. The molecule has 2 heterocycles. The Morgan fingerprint density at radius 3 is 2.57 bits per heavy atom. The lowest BCUT2D eigenvalue weighted by atomic mass is 10.1. The van der Waals surface area contributed by atoms with Crippen LogP contribution in [0.3, 0.4) is 0 Å². The second-order valence-corrected chi connectivity index (χ2v) is 3.22. The molecule has 2 heteroatoms. The molecule has 0 bridgehead atoms. The highest BCUT2D eigenvalue weighted by atomic mass is 15.2. The second-order valence-electron chi connectivity index (χ2n) is 3.22. The van der Waals surface area contributed by atoms with E-state index in [4.69, 9.17) is 0 Å². The van der Waals surface area contributed by atoms with Crippen LogP contribution < -0.4 is 4.90 Å². The molecule has 2 nitrogen and oxygen atoms in total. The molecule has 0 unspecified atom stereocenters. The fourth-order valence-electron chi connectivity index (χ4n) is 1.40. The summed E-state index contributed by atoms with van der Waals surface area (Å²) in [6.07, 6.45) is 4.33. The summed E-state index contributed by atoms with van der Waals surface area (Å²) in [7, 11) is 0. The van der Waals surface area contributed by atoms with E-state index in [9.17, 15) is 0 Å². The Morgan fingerprint density at radius 2 is 2.07 bits per heavy atom. The molecule has 2 rings (SSSR count). The lowest BCUT2D eigenvalue weighted by Crippen LogP contribution is -2.37. The summed E-state index contributed by atoms with van der Waals surface area (Å²) in [5, 5.41) is 0. The van der Waals surface area contributed by atoms with Gasteiger partial charge in [0.1, 0.15) is 5.82 Å². The quantitative estimate of drug-likeness (QED) is 0.716. The molecule has 0 aromatic carbocycles. The molecule has 1 saturated heterocycles. The maximum Gasteiger partial charge on any atom is 0.128 e. The van der Waals surface area contributed by atoms with Crippen LogP contribution in [0.25, 0.3) is 0 Å². The molecule has 0 amide bonds. The lowest BCUT2D eigenvalue weighted by molar-refractivity contribution is 0.609. The van der Waals surface area contributed by atoms with Crippen molar-refractivity contribution in [3.8, 4) is 0 Å². The topological polar surface area (TPSA) is 16.1 Å². The highest BCUT2D eigenvalue weighted by Gasteiger charge is 2.14. The summed E-state index contributed by atoms with van der Waals surface area (Å²) in [6.45, 7) is 8.54. The second kappa shape index (κ2) is 5.63. The van der Waals surface area contributed by atoms with Gasteiger partial charge in [0, 0.05) is 19.3 Å². The molecular formula is C12H20N2. The van der Waals surface area contributed by atoms with E-state index in [1.807, 2.05) is 20.0 Å². The summed E-state index contributed by atoms with van der Waals surface area (Å²) in [4.78, 5) is 6.65. The molecule has 0 radical (unpaired) electrons.